The molecular weight excluding hydrogens is 326 g/mol. The second-order valence-corrected chi connectivity index (χ2v) is 8.15. The molecule has 1 aliphatic carbocycles. The molecule has 4 rings (SSSR count). The summed E-state index contributed by atoms with van der Waals surface area (Å²) in [6.45, 7) is 5.64. The summed E-state index contributed by atoms with van der Waals surface area (Å²) in [6, 6.07) is 8.59. The highest BCUT2D eigenvalue weighted by Crippen LogP contribution is 2.39. The Hall–Kier alpha value is -1.88. The van der Waals surface area contributed by atoms with Gasteiger partial charge in [0.25, 0.3) is 0 Å². The lowest BCUT2D eigenvalue weighted by Gasteiger charge is -2.44. The van der Waals surface area contributed by atoms with E-state index < -0.39 is 5.41 Å². The number of nitrogens with one attached hydrogen (secondary N) is 1. The number of piperidine rings is 1. The van der Waals surface area contributed by atoms with Gasteiger partial charge in [-0.2, -0.15) is 0 Å². The van der Waals surface area contributed by atoms with Gasteiger partial charge < -0.3 is 15.1 Å². The third-order valence-electron chi connectivity index (χ3n) is 6.46. The van der Waals surface area contributed by atoms with E-state index in [1.165, 1.54) is 11.1 Å². The molecule has 2 fully saturated rings. The molecule has 3 aliphatic rings. The van der Waals surface area contributed by atoms with Crippen LogP contribution in [0.4, 0.5) is 0 Å². The summed E-state index contributed by atoms with van der Waals surface area (Å²) in [5.41, 5.74) is 2.10. The van der Waals surface area contributed by atoms with Gasteiger partial charge in [0, 0.05) is 32.2 Å². The molecule has 1 aromatic rings. The monoisotopic (exact) mass is 355 g/mol. The smallest absolute Gasteiger partial charge is 0.236 e. The van der Waals surface area contributed by atoms with Crippen molar-refractivity contribution in [2.24, 2.45) is 0 Å². The summed E-state index contributed by atoms with van der Waals surface area (Å²) >= 11 is 0. The minimum absolute atomic E-state index is 0.171. The van der Waals surface area contributed by atoms with Crippen molar-refractivity contribution in [1.29, 1.82) is 0 Å². The van der Waals surface area contributed by atoms with Crippen molar-refractivity contribution in [3.8, 4) is 0 Å². The Morgan fingerprint density at radius 1 is 1.23 bits per heavy atom. The first-order valence-electron chi connectivity index (χ1n) is 9.97. The first kappa shape index (κ1) is 17.5. The summed E-state index contributed by atoms with van der Waals surface area (Å²) in [6.07, 6.45) is 5.02. The highest BCUT2D eigenvalue weighted by Gasteiger charge is 2.43. The van der Waals surface area contributed by atoms with Crippen LogP contribution in [-0.4, -0.2) is 60.4 Å². The average Bonchev–Trinajstić information content (AvgIpc) is 2.68. The predicted octanol–water partition coefficient (Wildman–Crippen LogP) is 1.70. The van der Waals surface area contributed by atoms with Crippen molar-refractivity contribution in [1.82, 2.24) is 15.1 Å². The molecular formula is C21H29N3O2. The minimum Gasteiger partial charge on any atom is -0.340 e. The number of carbonyl (C=O) groups is 2. The van der Waals surface area contributed by atoms with Crippen LogP contribution in [0.1, 0.15) is 43.7 Å². The Bertz CT molecular complexity index is 704. The molecule has 2 aliphatic heterocycles. The number of aryl methyl sites for hydroxylation is 1. The van der Waals surface area contributed by atoms with E-state index in [0.29, 0.717) is 13.1 Å². The Morgan fingerprint density at radius 3 is 2.92 bits per heavy atom. The third kappa shape index (κ3) is 3.02. The van der Waals surface area contributed by atoms with Crippen LogP contribution in [0.15, 0.2) is 24.3 Å². The number of fused-ring (bicyclic) bond motifs is 1. The Labute approximate surface area is 155 Å². The lowest BCUT2D eigenvalue weighted by Crippen LogP contribution is -2.59. The van der Waals surface area contributed by atoms with Crippen LogP contribution < -0.4 is 5.32 Å². The van der Waals surface area contributed by atoms with Gasteiger partial charge in [-0.05, 0) is 50.2 Å². The molecule has 1 aromatic carbocycles. The van der Waals surface area contributed by atoms with E-state index >= 15 is 0 Å². The topological polar surface area (TPSA) is 52.7 Å². The molecule has 0 bridgehead atoms. The van der Waals surface area contributed by atoms with Crippen LogP contribution in [0.2, 0.25) is 0 Å². The molecule has 2 heterocycles. The zero-order valence-electron chi connectivity index (χ0n) is 15.7. The maximum absolute atomic E-state index is 13.6. The number of piperazine rings is 1. The molecule has 2 amide bonds. The second-order valence-electron chi connectivity index (χ2n) is 8.15. The number of likely N-dealkylation sites (tertiary alicyclic amines) is 1. The molecule has 5 nitrogen and oxygen atoms in total. The summed E-state index contributed by atoms with van der Waals surface area (Å²) in [5, 5.41) is 3.13. The maximum atomic E-state index is 13.6. The van der Waals surface area contributed by atoms with E-state index in [1.54, 1.807) is 0 Å². The van der Waals surface area contributed by atoms with Crippen molar-refractivity contribution in [2.45, 2.75) is 50.5 Å². The van der Waals surface area contributed by atoms with E-state index in [0.717, 1.165) is 51.7 Å². The van der Waals surface area contributed by atoms with Crippen molar-refractivity contribution in [3.05, 3.63) is 35.4 Å². The first-order valence-corrected chi connectivity index (χ1v) is 9.97. The largest absolute Gasteiger partial charge is 0.340 e. The SMILES string of the molecule is CC1(C(=O)N2CCCC(N3CCNCC3=O)C2)CCCc2ccccc21. The van der Waals surface area contributed by atoms with Crippen LogP contribution in [-0.2, 0) is 21.4 Å². The molecule has 26 heavy (non-hydrogen) atoms. The van der Waals surface area contributed by atoms with Gasteiger partial charge in [0.05, 0.1) is 12.0 Å². The van der Waals surface area contributed by atoms with E-state index in [1.807, 2.05) is 15.9 Å². The van der Waals surface area contributed by atoms with Crippen molar-refractivity contribution in [3.63, 3.8) is 0 Å². The fourth-order valence-electron chi connectivity index (χ4n) is 5.02. The third-order valence-corrected chi connectivity index (χ3v) is 6.46. The molecule has 0 saturated carbocycles. The predicted molar refractivity (Wildman–Crippen MR) is 101 cm³/mol. The van der Waals surface area contributed by atoms with E-state index in [4.69, 9.17) is 0 Å². The zero-order valence-corrected chi connectivity index (χ0v) is 15.7. The fourth-order valence-corrected chi connectivity index (χ4v) is 5.02. The van der Waals surface area contributed by atoms with Gasteiger partial charge >= 0.3 is 0 Å². The van der Waals surface area contributed by atoms with Gasteiger partial charge in [0.1, 0.15) is 0 Å². The summed E-state index contributed by atoms with van der Waals surface area (Å²) in [5.74, 6) is 0.418. The number of nitrogens with zero attached hydrogens (tertiary/aromatic N) is 2. The molecule has 1 N–H and O–H groups in total. The number of benzene rings is 1. The van der Waals surface area contributed by atoms with Crippen molar-refractivity contribution >= 4 is 11.8 Å². The number of hydrogen-bond acceptors (Lipinski definition) is 3. The van der Waals surface area contributed by atoms with Crippen molar-refractivity contribution < 1.29 is 9.59 Å². The lowest BCUT2D eigenvalue weighted by molar-refractivity contribution is -0.144. The molecule has 140 valence electrons. The van der Waals surface area contributed by atoms with Gasteiger partial charge in [-0.25, -0.2) is 0 Å². The standard InChI is InChI=1S/C21H29N3O2/c1-21(10-4-7-16-6-2-3-9-18(16)21)20(26)23-12-5-8-17(15-23)24-13-11-22-14-19(24)25/h2-3,6,9,17,22H,4-5,7-8,10-15H2,1H3. The van der Waals surface area contributed by atoms with Crippen LogP contribution in [0.25, 0.3) is 0 Å². The fraction of sp³-hybridized carbons (Fsp3) is 0.619. The zero-order chi connectivity index (χ0) is 18.1. The first-order chi connectivity index (χ1) is 12.6. The van der Waals surface area contributed by atoms with Crippen LogP contribution in [0.5, 0.6) is 0 Å². The minimum atomic E-state index is -0.426. The van der Waals surface area contributed by atoms with Gasteiger partial charge in [0.2, 0.25) is 11.8 Å². The molecule has 2 atom stereocenters. The van der Waals surface area contributed by atoms with Gasteiger partial charge in [-0.15, -0.1) is 0 Å². The Kier molecular flexibility index (Phi) is 4.74. The highest BCUT2D eigenvalue weighted by atomic mass is 16.2. The van der Waals surface area contributed by atoms with Crippen LogP contribution >= 0.6 is 0 Å². The summed E-state index contributed by atoms with van der Waals surface area (Å²) in [4.78, 5) is 29.8. The molecule has 2 saturated heterocycles. The molecule has 0 aromatic heterocycles. The van der Waals surface area contributed by atoms with Crippen LogP contribution in [0.3, 0.4) is 0 Å². The quantitative estimate of drug-likeness (QED) is 0.879. The van der Waals surface area contributed by atoms with Gasteiger partial charge in [-0.1, -0.05) is 24.3 Å². The average molecular weight is 355 g/mol. The van der Waals surface area contributed by atoms with Gasteiger partial charge in [-0.3, -0.25) is 9.59 Å². The molecule has 0 spiro atoms. The summed E-state index contributed by atoms with van der Waals surface area (Å²) < 4.78 is 0. The Balaban J connectivity index is 1.54. The Morgan fingerprint density at radius 2 is 2.08 bits per heavy atom. The number of amides is 2. The van der Waals surface area contributed by atoms with Crippen LogP contribution in [0, 0.1) is 0 Å². The number of carbonyl (C=O) groups excluding carboxylic acids is 2. The molecule has 5 heteroatoms. The number of rotatable bonds is 2. The molecule has 2 unspecified atom stereocenters. The van der Waals surface area contributed by atoms with Crippen molar-refractivity contribution in [2.75, 3.05) is 32.7 Å². The normalized spacial score (nSPS) is 29.4. The lowest BCUT2D eigenvalue weighted by atomic mass is 9.70. The van der Waals surface area contributed by atoms with E-state index in [2.05, 4.69) is 30.4 Å². The number of hydrogen-bond donors (Lipinski definition) is 1. The summed E-state index contributed by atoms with van der Waals surface area (Å²) in [7, 11) is 0. The van der Waals surface area contributed by atoms with E-state index in [9.17, 15) is 9.59 Å². The molecule has 0 radical (unpaired) electrons. The maximum Gasteiger partial charge on any atom is 0.236 e. The highest BCUT2D eigenvalue weighted by molar-refractivity contribution is 5.89. The van der Waals surface area contributed by atoms with Gasteiger partial charge in [0.15, 0.2) is 0 Å². The van der Waals surface area contributed by atoms with E-state index in [-0.39, 0.29) is 17.9 Å². The second kappa shape index (κ2) is 7.03.